The third kappa shape index (κ3) is 1.74. The molecule has 3 aromatic heterocycles. The minimum Gasteiger partial charge on any atom is -0.306 e. The Bertz CT molecular complexity index is 981. The minimum atomic E-state index is -0.233. The monoisotopic (exact) mass is 280 g/mol. The summed E-state index contributed by atoms with van der Waals surface area (Å²) in [6.45, 7) is 3.74. The molecule has 4 aromatic rings. The second-order valence-corrected chi connectivity index (χ2v) is 5.26. The van der Waals surface area contributed by atoms with Gasteiger partial charge >= 0.3 is 0 Å². The van der Waals surface area contributed by atoms with Gasteiger partial charge in [0.2, 0.25) is 0 Å². The Kier molecular flexibility index (Phi) is 2.39. The van der Waals surface area contributed by atoms with E-state index >= 15 is 0 Å². The quantitative estimate of drug-likeness (QED) is 0.578. The normalized spacial score (nSPS) is 11.6. The van der Waals surface area contributed by atoms with Gasteiger partial charge in [-0.05, 0) is 48.7 Å². The highest BCUT2D eigenvalue weighted by atomic mass is 19.1. The van der Waals surface area contributed by atoms with Crippen LogP contribution in [0.2, 0.25) is 0 Å². The average Bonchev–Trinajstić information content (AvgIpc) is 3.04. The molecule has 0 aliphatic rings. The van der Waals surface area contributed by atoms with Crippen molar-refractivity contribution in [3.63, 3.8) is 0 Å². The van der Waals surface area contributed by atoms with Gasteiger partial charge in [-0.1, -0.05) is 0 Å². The van der Waals surface area contributed by atoms with Gasteiger partial charge in [-0.15, -0.1) is 0 Å². The largest absolute Gasteiger partial charge is 0.306 e. The molecule has 0 unspecified atom stereocenters. The van der Waals surface area contributed by atoms with Gasteiger partial charge in [-0.3, -0.25) is 5.10 Å². The number of hydrogen-bond donors (Lipinski definition) is 1. The van der Waals surface area contributed by atoms with E-state index in [0.29, 0.717) is 11.1 Å². The Morgan fingerprint density at radius 1 is 1.19 bits per heavy atom. The molecule has 0 atom stereocenters. The highest BCUT2D eigenvalue weighted by Crippen LogP contribution is 2.32. The number of nitrogens with zero attached hydrogens (tertiary/aromatic N) is 3. The topological polar surface area (TPSA) is 46.0 Å². The number of pyridine rings is 1. The predicted molar refractivity (Wildman–Crippen MR) is 79.7 cm³/mol. The maximum absolute atomic E-state index is 14.1. The lowest BCUT2D eigenvalue weighted by Crippen LogP contribution is -1.92. The average molecular weight is 280 g/mol. The van der Waals surface area contributed by atoms with Crippen LogP contribution < -0.4 is 0 Å². The number of imidazole rings is 1. The first-order valence-corrected chi connectivity index (χ1v) is 6.71. The number of fused-ring (bicyclic) bond motifs is 2. The highest BCUT2D eigenvalue weighted by Gasteiger charge is 2.14. The second-order valence-electron chi connectivity index (χ2n) is 5.26. The van der Waals surface area contributed by atoms with E-state index in [9.17, 15) is 4.39 Å². The lowest BCUT2D eigenvalue weighted by Gasteiger charge is -2.09. The highest BCUT2D eigenvalue weighted by molar-refractivity contribution is 5.96. The van der Waals surface area contributed by atoms with Crippen molar-refractivity contribution in [2.24, 2.45) is 0 Å². The molecule has 0 saturated carbocycles. The summed E-state index contributed by atoms with van der Waals surface area (Å²) in [6, 6.07) is 5.40. The number of aromatic nitrogens is 4. The number of benzene rings is 1. The Labute approximate surface area is 120 Å². The van der Waals surface area contributed by atoms with Crippen molar-refractivity contribution in [2.75, 3.05) is 0 Å². The second kappa shape index (κ2) is 4.15. The van der Waals surface area contributed by atoms with E-state index in [0.717, 1.165) is 27.9 Å². The van der Waals surface area contributed by atoms with E-state index in [1.54, 1.807) is 13.1 Å². The first kappa shape index (κ1) is 12.1. The SMILES string of the molecule is Cc1cn2cc(-c3c(C)c(F)cc4[nH]ncc34)ccc2n1. The summed E-state index contributed by atoms with van der Waals surface area (Å²) in [5, 5.41) is 7.78. The van der Waals surface area contributed by atoms with E-state index in [4.69, 9.17) is 0 Å². The van der Waals surface area contributed by atoms with Gasteiger partial charge in [0.15, 0.2) is 0 Å². The van der Waals surface area contributed by atoms with Gasteiger partial charge in [0.1, 0.15) is 11.5 Å². The Morgan fingerprint density at radius 2 is 2.05 bits per heavy atom. The Hall–Kier alpha value is -2.69. The molecule has 4 nitrogen and oxygen atoms in total. The van der Waals surface area contributed by atoms with Gasteiger partial charge in [0, 0.05) is 17.8 Å². The summed E-state index contributed by atoms with van der Waals surface area (Å²) in [4.78, 5) is 4.41. The fraction of sp³-hybridized carbons (Fsp3) is 0.125. The Morgan fingerprint density at radius 3 is 2.90 bits per heavy atom. The predicted octanol–water partition coefficient (Wildman–Crippen LogP) is 3.63. The van der Waals surface area contributed by atoms with Crippen molar-refractivity contribution >= 4 is 16.6 Å². The summed E-state index contributed by atoms with van der Waals surface area (Å²) in [5.41, 5.74) is 4.98. The summed E-state index contributed by atoms with van der Waals surface area (Å²) >= 11 is 0. The zero-order valence-corrected chi connectivity index (χ0v) is 11.7. The van der Waals surface area contributed by atoms with Gasteiger partial charge in [-0.25, -0.2) is 9.37 Å². The smallest absolute Gasteiger partial charge is 0.136 e. The molecular formula is C16H13FN4. The van der Waals surface area contributed by atoms with Crippen LogP contribution in [0.1, 0.15) is 11.3 Å². The molecule has 0 aliphatic carbocycles. The molecule has 0 aliphatic heterocycles. The maximum Gasteiger partial charge on any atom is 0.136 e. The first-order valence-electron chi connectivity index (χ1n) is 6.71. The van der Waals surface area contributed by atoms with Crippen molar-refractivity contribution in [2.45, 2.75) is 13.8 Å². The fourth-order valence-electron chi connectivity index (χ4n) is 2.80. The zero-order chi connectivity index (χ0) is 14.6. The lowest BCUT2D eigenvalue weighted by atomic mass is 9.98. The van der Waals surface area contributed by atoms with E-state index in [2.05, 4.69) is 15.2 Å². The maximum atomic E-state index is 14.1. The van der Waals surface area contributed by atoms with E-state index in [1.165, 1.54) is 6.07 Å². The molecule has 4 rings (SSSR count). The molecule has 0 fully saturated rings. The van der Waals surface area contributed by atoms with Crippen LogP contribution in [-0.2, 0) is 0 Å². The molecule has 0 amide bonds. The van der Waals surface area contributed by atoms with Gasteiger partial charge in [-0.2, -0.15) is 5.10 Å². The van der Waals surface area contributed by atoms with Gasteiger partial charge in [0.25, 0.3) is 0 Å². The van der Waals surface area contributed by atoms with E-state index in [-0.39, 0.29) is 5.82 Å². The standard InChI is InChI=1S/C16H13FN4/c1-9-7-21-8-11(3-4-15(21)19-9)16-10(2)13(17)5-14-12(16)6-18-20-14/h3-8H,1-2H3,(H,18,20). The molecule has 0 bridgehead atoms. The molecule has 1 aromatic carbocycles. The van der Waals surface area contributed by atoms with Crippen molar-refractivity contribution in [1.29, 1.82) is 0 Å². The molecule has 1 N–H and O–H groups in total. The van der Waals surface area contributed by atoms with Crippen LogP contribution in [0, 0.1) is 19.7 Å². The van der Waals surface area contributed by atoms with Crippen LogP contribution in [0.15, 0.2) is 36.8 Å². The molecule has 21 heavy (non-hydrogen) atoms. The van der Waals surface area contributed by atoms with Crippen molar-refractivity contribution in [1.82, 2.24) is 19.6 Å². The summed E-state index contributed by atoms with van der Waals surface area (Å²) < 4.78 is 16.1. The Balaban J connectivity index is 2.07. The van der Waals surface area contributed by atoms with Crippen molar-refractivity contribution in [3.05, 3.63) is 53.9 Å². The van der Waals surface area contributed by atoms with Crippen molar-refractivity contribution < 1.29 is 4.39 Å². The summed E-state index contributed by atoms with van der Waals surface area (Å²) in [7, 11) is 0. The fourth-order valence-corrected chi connectivity index (χ4v) is 2.80. The first-order chi connectivity index (χ1) is 10.1. The molecule has 0 saturated heterocycles. The zero-order valence-electron chi connectivity index (χ0n) is 11.7. The molecular weight excluding hydrogens is 267 g/mol. The van der Waals surface area contributed by atoms with Crippen LogP contribution in [-0.4, -0.2) is 19.6 Å². The third-order valence-corrected chi connectivity index (χ3v) is 3.80. The number of halogens is 1. The number of nitrogens with one attached hydrogen (secondary N) is 1. The summed E-state index contributed by atoms with van der Waals surface area (Å²) in [6.07, 6.45) is 5.67. The number of aryl methyl sites for hydroxylation is 1. The summed E-state index contributed by atoms with van der Waals surface area (Å²) in [5.74, 6) is -0.233. The number of hydrogen-bond acceptors (Lipinski definition) is 2. The van der Waals surface area contributed by atoms with E-state index in [1.807, 2.05) is 35.9 Å². The molecule has 0 radical (unpaired) electrons. The van der Waals surface area contributed by atoms with Gasteiger partial charge < -0.3 is 4.40 Å². The molecule has 3 heterocycles. The lowest BCUT2D eigenvalue weighted by molar-refractivity contribution is 0.621. The van der Waals surface area contributed by atoms with Crippen LogP contribution in [0.3, 0.4) is 0 Å². The van der Waals surface area contributed by atoms with Crippen LogP contribution in [0.5, 0.6) is 0 Å². The minimum absolute atomic E-state index is 0.233. The van der Waals surface area contributed by atoms with E-state index < -0.39 is 0 Å². The molecule has 5 heteroatoms. The number of aromatic amines is 1. The third-order valence-electron chi connectivity index (χ3n) is 3.80. The van der Waals surface area contributed by atoms with Crippen LogP contribution >= 0.6 is 0 Å². The number of H-pyrrole nitrogens is 1. The molecule has 104 valence electrons. The van der Waals surface area contributed by atoms with Crippen LogP contribution in [0.25, 0.3) is 27.7 Å². The van der Waals surface area contributed by atoms with Crippen LogP contribution in [0.4, 0.5) is 4.39 Å². The number of rotatable bonds is 1. The van der Waals surface area contributed by atoms with Crippen molar-refractivity contribution in [3.8, 4) is 11.1 Å². The van der Waals surface area contributed by atoms with Gasteiger partial charge in [0.05, 0.1) is 17.4 Å². The molecule has 0 spiro atoms.